The molecule has 0 atom stereocenters. The number of aromatic nitrogens is 2. The van der Waals surface area contributed by atoms with E-state index in [9.17, 15) is 5.26 Å². The van der Waals surface area contributed by atoms with E-state index in [1.54, 1.807) is 0 Å². The Labute approximate surface area is 155 Å². The maximum atomic E-state index is 9.80. The molecule has 1 aliphatic rings. The highest BCUT2D eigenvalue weighted by molar-refractivity contribution is 6.30. The van der Waals surface area contributed by atoms with Crippen LogP contribution in [0, 0.1) is 11.3 Å². The van der Waals surface area contributed by atoms with E-state index in [4.69, 9.17) is 16.6 Å². The summed E-state index contributed by atoms with van der Waals surface area (Å²) in [6.45, 7) is 0. The third-order valence-corrected chi connectivity index (χ3v) is 5.28. The third kappa shape index (κ3) is 2.18. The van der Waals surface area contributed by atoms with Crippen LogP contribution in [0.5, 0.6) is 0 Å². The molecule has 26 heavy (non-hydrogen) atoms. The summed E-state index contributed by atoms with van der Waals surface area (Å²) in [5.41, 5.74) is 6.64. The van der Waals surface area contributed by atoms with Gasteiger partial charge in [-0.2, -0.15) is 5.26 Å². The van der Waals surface area contributed by atoms with Gasteiger partial charge < -0.3 is 5.32 Å². The molecule has 0 unspecified atom stereocenters. The van der Waals surface area contributed by atoms with Gasteiger partial charge in [-0.3, -0.25) is 4.40 Å². The molecule has 0 fully saturated rings. The molecule has 0 aliphatic heterocycles. The Morgan fingerprint density at radius 1 is 1.04 bits per heavy atom. The van der Waals surface area contributed by atoms with Crippen molar-refractivity contribution in [2.75, 3.05) is 5.32 Å². The highest BCUT2D eigenvalue weighted by Crippen LogP contribution is 2.37. The summed E-state index contributed by atoms with van der Waals surface area (Å²) in [7, 11) is 0. The fourth-order valence-electron chi connectivity index (χ4n) is 3.89. The van der Waals surface area contributed by atoms with E-state index >= 15 is 0 Å². The monoisotopic (exact) mass is 358 g/mol. The van der Waals surface area contributed by atoms with E-state index in [-0.39, 0.29) is 0 Å². The molecule has 4 nitrogen and oxygen atoms in total. The minimum absolute atomic E-state index is 0.704. The lowest BCUT2D eigenvalue weighted by Crippen LogP contribution is -2.06. The molecule has 4 aromatic rings. The Hall–Kier alpha value is -3.03. The number of hydrogen-bond acceptors (Lipinski definition) is 3. The predicted octanol–water partition coefficient (Wildman–Crippen LogP) is 5.24. The number of halogens is 1. The Morgan fingerprint density at radius 3 is 2.62 bits per heavy atom. The molecule has 5 rings (SSSR count). The van der Waals surface area contributed by atoms with Gasteiger partial charge in [0, 0.05) is 10.7 Å². The van der Waals surface area contributed by atoms with Crippen molar-refractivity contribution in [3.05, 3.63) is 70.2 Å². The van der Waals surface area contributed by atoms with Crippen molar-refractivity contribution in [2.24, 2.45) is 0 Å². The van der Waals surface area contributed by atoms with Crippen molar-refractivity contribution in [2.45, 2.75) is 19.3 Å². The summed E-state index contributed by atoms with van der Waals surface area (Å²) in [5.74, 6) is 1.00. The van der Waals surface area contributed by atoms with E-state index in [1.165, 1.54) is 5.56 Å². The number of pyridine rings is 1. The number of nitrogens with one attached hydrogen (secondary N) is 1. The average molecular weight is 359 g/mol. The summed E-state index contributed by atoms with van der Waals surface area (Å²) >= 11 is 6.02. The van der Waals surface area contributed by atoms with Gasteiger partial charge in [0.05, 0.1) is 16.6 Å². The number of fused-ring (bicyclic) bond motifs is 4. The van der Waals surface area contributed by atoms with Crippen LogP contribution in [-0.4, -0.2) is 9.38 Å². The van der Waals surface area contributed by atoms with Crippen LogP contribution in [-0.2, 0) is 12.8 Å². The van der Waals surface area contributed by atoms with Crippen LogP contribution in [0.2, 0.25) is 5.02 Å². The molecule has 2 aromatic carbocycles. The Morgan fingerprint density at radius 2 is 1.81 bits per heavy atom. The van der Waals surface area contributed by atoms with Gasteiger partial charge in [-0.15, -0.1) is 0 Å². The second kappa shape index (κ2) is 5.76. The molecule has 126 valence electrons. The fraction of sp³-hybridized carbons (Fsp3) is 0.143. The van der Waals surface area contributed by atoms with Crippen molar-refractivity contribution < 1.29 is 0 Å². The standard InChI is InChI=1S/C21H15ClN4/c22-13-8-10-14(11-9-13)24-20-16-5-3-4-15(16)17(12-23)21-25-18-6-1-2-7-19(18)26(20)21/h1-2,6-11,24H,3-5H2. The zero-order valence-corrected chi connectivity index (χ0v) is 14.7. The zero-order chi connectivity index (χ0) is 17.7. The average Bonchev–Trinajstić information content (AvgIpc) is 3.28. The molecule has 2 heterocycles. The van der Waals surface area contributed by atoms with Crippen LogP contribution >= 0.6 is 11.6 Å². The van der Waals surface area contributed by atoms with Crippen LogP contribution in [0.4, 0.5) is 11.5 Å². The van der Waals surface area contributed by atoms with E-state index in [0.717, 1.165) is 53.0 Å². The van der Waals surface area contributed by atoms with E-state index in [0.29, 0.717) is 10.6 Å². The fourth-order valence-corrected chi connectivity index (χ4v) is 4.02. The SMILES string of the molecule is N#Cc1c2c(c(Nc3ccc(Cl)cc3)n3c1nc1ccccc13)CCC2. The summed E-state index contributed by atoms with van der Waals surface area (Å²) in [5, 5.41) is 14.1. The Balaban J connectivity index is 1.86. The van der Waals surface area contributed by atoms with Gasteiger partial charge in [0.2, 0.25) is 0 Å². The first kappa shape index (κ1) is 15.2. The normalized spacial score (nSPS) is 13.1. The van der Waals surface area contributed by atoms with Crippen molar-refractivity contribution in [3.63, 3.8) is 0 Å². The van der Waals surface area contributed by atoms with Gasteiger partial charge in [-0.1, -0.05) is 23.7 Å². The first-order valence-corrected chi connectivity index (χ1v) is 9.01. The van der Waals surface area contributed by atoms with Crippen molar-refractivity contribution in [1.82, 2.24) is 9.38 Å². The van der Waals surface area contributed by atoms with Crippen LogP contribution in [0.3, 0.4) is 0 Å². The summed E-state index contributed by atoms with van der Waals surface area (Å²) in [6.07, 6.45) is 2.94. The molecular formula is C21H15ClN4. The van der Waals surface area contributed by atoms with Gasteiger partial charge in [-0.25, -0.2) is 4.98 Å². The maximum absolute atomic E-state index is 9.80. The number of para-hydroxylation sites is 2. The van der Waals surface area contributed by atoms with E-state index in [1.807, 2.05) is 48.5 Å². The third-order valence-electron chi connectivity index (χ3n) is 5.03. The van der Waals surface area contributed by atoms with Gasteiger partial charge >= 0.3 is 0 Å². The number of benzene rings is 2. The van der Waals surface area contributed by atoms with Crippen molar-refractivity contribution >= 4 is 39.8 Å². The summed E-state index contributed by atoms with van der Waals surface area (Å²) in [4.78, 5) is 4.76. The number of hydrogen-bond donors (Lipinski definition) is 1. The zero-order valence-electron chi connectivity index (χ0n) is 14.0. The van der Waals surface area contributed by atoms with E-state index in [2.05, 4.69) is 15.8 Å². The van der Waals surface area contributed by atoms with E-state index < -0.39 is 0 Å². The minimum Gasteiger partial charge on any atom is -0.341 e. The summed E-state index contributed by atoms with van der Waals surface area (Å²) < 4.78 is 2.09. The first-order valence-electron chi connectivity index (χ1n) is 8.64. The number of nitrogens with zero attached hydrogens (tertiary/aromatic N) is 3. The predicted molar refractivity (Wildman–Crippen MR) is 104 cm³/mol. The van der Waals surface area contributed by atoms with Crippen LogP contribution in [0.1, 0.15) is 23.1 Å². The minimum atomic E-state index is 0.704. The van der Waals surface area contributed by atoms with Gasteiger partial charge in [0.25, 0.3) is 0 Å². The largest absolute Gasteiger partial charge is 0.341 e. The molecule has 0 saturated carbocycles. The first-order chi connectivity index (χ1) is 12.8. The lowest BCUT2D eigenvalue weighted by atomic mass is 10.1. The number of anilines is 2. The summed E-state index contributed by atoms with van der Waals surface area (Å²) in [6, 6.07) is 18.1. The molecule has 1 N–H and O–H groups in total. The van der Waals surface area contributed by atoms with Crippen LogP contribution in [0.25, 0.3) is 16.7 Å². The second-order valence-electron chi connectivity index (χ2n) is 6.54. The van der Waals surface area contributed by atoms with Crippen molar-refractivity contribution in [1.29, 1.82) is 5.26 Å². The number of rotatable bonds is 2. The Kier molecular flexibility index (Phi) is 3.37. The molecule has 0 radical (unpaired) electrons. The molecule has 0 spiro atoms. The highest BCUT2D eigenvalue weighted by Gasteiger charge is 2.25. The van der Waals surface area contributed by atoms with Crippen molar-refractivity contribution in [3.8, 4) is 6.07 Å². The lowest BCUT2D eigenvalue weighted by molar-refractivity contribution is 0.910. The van der Waals surface area contributed by atoms with Crippen LogP contribution < -0.4 is 5.32 Å². The lowest BCUT2D eigenvalue weighted by Gasteiger charge is -2.16. The van der Waals surface area contributed by atoms with Gasteiger partial charge in [0.1, 0.15) is 11.9 Å². The molecule has 0 amide bonds. The molecule has 5 heteroatoms. The molecule has 2 aromatic heterocycles. The highest BCUT2D eigenvalue weighted by atomic mass is 35.5. The second-order valence-corrected chi connectivity index (χ2v) is 6.97. The van der Waals surface area contributed by atoms with Gasteiger partial charge in [0.15, 0.2) is 5.65 Å². The quantitative estimate of drug-likeness (QED) is 0.532. The molecule has 0 bridgehead atoms. The smallest absolute Gasteiger partial charge is 0.157 e. The molecule has 0 saturated heterocycles. The van der Waals surface area contributed by atoms with Crippen LogP contribution in [0.15, 0.2) is 48.5 Å². The maximum Gasteiger partial charge on any atom is 0.157 e. The molecular weight excluding hydrogens is 344 g/mol. The van der Waals surface area contributed by atoms with Gasteiger partial charge in [-0.05, 0) is 66.8 Å². The number of nitriles is 1. The molecule has 1 aliphatic carbocycles. The Bertz CT molecular complexity index is 1200. The number of imidazole rings is 1. The topological polar surface area (TPSA) is 53.1 Å².